The summed E-state index contributed by atoms with van der Waals surface area (Å²) in [5.74, 6) is -1.42. The maximum atomic E-state index is 13.2. The van der Waals surface area contributed by atoms with Crippen LogP contribution in [0.15, 0.2) is 22.7 Å². The Kier molecular flexibility index (Phi) is 5.35. The van der Waals surface area contributed by atoms with Crippen molar-refractivity contribution in [2.75, 3.05) is 6.54 Å². The number of aliphatic carboxylic acids is 1. The van der Waals surface area contributed by atoms with Gasteiger partial charge < -0.3 is 15.5 Å². The van der Waals surface area contributed by atoms with Crippen LogP contribution in [-0.4, -0.2) is 28.3 Å². The van der Waals surface area contributed by atoms with Gasteiger partial charge in [0.25, 0.3) is 0 Å². The molecule has 1 saturated carbocycles. The summed E-state index contributed by atoms with van der Waals surface area (Å²) in [4.78, 5) is 10.9. The van der Waals surface area contributed by atoms with Gasteiger partial charge in [0.05, 0.1) is 11.5 Å². The highest BCUT2D eigenvalue weighted by molar-refractivity contribution is 9.10. The summed E-state index contributed by atoms with van der Waals surface area (Å²) in [5, 5.41) is 22.5. The maximum absolute atomic E-state index is 13.2. The second-order valence-electron chi connectivity index (χ2n) is 5.68. The van der Waals surface area contributed by atoms with Crippen LogP contribution in [0, 0.1) is 11.7 Å². The lowest BCUT2D eigenvalue weighted by atomic mass is 9.79. The summed E-state index contributed by atoms with van der Waals surface area (Å²) >= 11 is 3.36. The summed E-state index contributed by atoms with van der Waals surface area (Å²) in [6.07, 6.45) is 1.94. The lowest BCUT2D eigenvalue weighted by Crippen LogP contribution is -2.44. The van der Waals surface area contributed by atoms with Gasteiger partial charge in [-0.1, -0.05) is 15.9 Å². The quantitative estimate of drug-likeness (QED) is 0.755. The molecule has 3 N–H and O–H groups in total. The van der Waals surface area contributed by atoms with Crippen LogP contribution >= 0.6 is 15.9 Å². The summed E-state index contributed by atoms with van der Waals surface area (Å²) in [6, 6.07) is 4.48. The van der Waals surface area contributed by atoms with Gasteiger partial charge in [-0.2, -0.15) is 0 Å². The van der Waals surface area contributed by atoms with Gasteiger partial charge in [0.2, 0.25) is 0 Å². The molecule has 0 aliphatic heterocycles. The summed E-state index contributed by atoms with van der Waals surface area (Å²) < 4.78 is 14.0. The molecule has 0 atom stereocenters. The largest absolute Gasteiger partial charge is 0.481 e. The zero-order valence-corrected chi connectivity index (χ0v) is 13.2. The minimum absolute atomic E-state index is 0.296. The van der Waals surface area contributed by atoms with E-state index < -0.39 is 11.6 Å². The highest BCUT2D eigenvalue weighted by atomic mass is 79.9. The van der Waals surface area contributed by atoms with Gasteiger partial charge in [0, 0.05) is 17.6 Å². The molecule has 0 radical (unpaired) electrons. The molecule has 6 heteroatoms. The van der Waals surface area contributed by atoms with Crippen molar-refractivity contribution in [1.29, 1.82) is 0 Å². The van der Waals surface area contributed by atoms with Crippen molar-refractivity contribution >= 4 is 21.9 Å². The molecule has 1 aromatic rings. The molecule has 1 aliphatic rings. The van der Waals surface area contributed by atoms with Crippen LogP contribution in [0.2, 0.25) is 0 Å². The molecule has 0 bridgehead atoms. The van der Waals surface area contributed by atoms with Gasteiger partial charge in [-0.3, -0.25) is 4.79 Å². The normalized spacial score (nSPS) is 25.8. The number of benzene rings is 1. The Morgan fingerprint density at radius 3 is 2.71 bits per heavy atom. The predicted octanol–water partition coefficient (Wildman–Crippen LogP) is 2.68. The lowest BCUT2D eigenvalue weighted by Gasteiger charge is -2.34. The summed E-state index contributed by atoms with van der Waals surface area (Å²) in [6.45, 7) is 0.825. The number of aliphatic hydroxyl groups is 1. The maximum Gasteiger partial charge on any atom is 0.306 e. The monoisotopic (exact) mass is 359 g/mol. The first-order valence-electron chi connectivity index (χ1n) is 6.99. The Balaban J connectivity index is 1.83. The number of rotatable bonds is 5. The molecule has 0 saturated heterocycles. The van der Waals surface area contributed by atoms with Crippen molar-refractivity contribution in [1.82, 2.24) is 5.32 Å². The van der Waals surface area contributed by atoms with E-state index in [0.717, 1.165) is 10.0 Å². The second-order valence-corrected chi connectivity index (χ2v) is 6.53. The lowest BCUT2D eigenvalue weighted by molar-refractivity contribution is -0.144. The van der Waals surface area contributed by atoms with Crippen molar-refractivity contribution in [2.24, 2.45) is 5.92 Å². The van der Waals surface area contributed by atoms with Gasteiger partial charge >= 0.3 is 5.97 Å². The third-order valence-electron chi connectivity index (χ3n) is 4.04. The molecule has 0 aromatic heterocycles. The first kappa shape index (κ1) is 16.4. The summed E-state index contributed by atoms with van der Waals surface area (Å²) in [7, 11) is 0. The Hall–Kier alpha value is -0.980. The molecule has 1 fully saturated rings. The van der Waals surface area contributed by atoms with Gasteiger partial charge in [0.1, 0.15) is 5.82 Å². The number of hydrogen-bond acceptors (Lipinski definition) is 3. The zero-order valence-electron chi connectivity index (χ0n) is 11.6. The average Bonchev–Trinajstić information content (AvgIpc) is 2.43. The van der Waals surface area contributed by atoms with Crippen molar-refractivity contribution < 1.29 is 19.4 Å². The average molecular weight is 360 g/mol. The molecule has 2 rings (SSSR count). The third kappa shape index (κ3) is 4.49. The molecule has 0 heterocycles. The molecule has 4 nitrogen and oxygen atoms in total. The summed E-state index contributed by atoms with van der Waals surface area (Å²) in [5.41, 5.74) is -0.0796. The van der Waals surface area contributed by atoms with Crippen LogP contribution in [0.3, 0.4) is 0 Å². The van der Waals surface area contributed by atoms with E-state index in [1.165, 1.54) is 12.1 Å². The molecule has 0 unspecified atom stereocenters. The Bertz CT molecular complexity index is 516. The number of carboxylic acid groups (broad SMARTS) is 1. The Morgan fingerprint density at radius 2 is 2.10 bits per heavy atom. The zero-order chi connectivity index (χ0) is 15.5. The highest BCUT2D eigenvalue weighted by Crippen LogP contribution is 2.32. The van der Waals surface area contributed by atoms with E-state index in [-0.39, 0.29) is 11.7 Å². The first-order valence-corrected chi connectivity index (χ1v) is 7.79. The number of halogens is 2. The Morgan fingerprint density at radius 1 is 1.43 bits per heavy atom. The molecule has 0 spiro atoms. The number of carboxylic acids is 1. The topological polar surface area (TPSA) is 69.6 Å². The standard InChI is InChI=1S/C15H19BrFNO3/c16-13-2-1-12(17)7-11(13)8-18-9-15(21)5-3-10(4-6-15)14(19)20/h1-2,7,10,18,21H,3-6,8-9H2,(H,19,20). The SMILES string of the molecule is O=C(O)C1CCC(O)(CNCc2cc(F)ccc2Br)CC1. The van der Waals surface area contributed by atoms with E-state index in [4.69, 9.17) is 5.11 Å². The highest BCUT2D eigenvalue weighted by Gasteiger charge is 2.35. The molecule has 0 amide bonds. The van der Waals surface area contributed by atoms with Crippen LogP contribution in [0.5, 0.6) is 0 Å². The fourth-order valence-corrected chi connectivity index (χ4v) is 3.07. The molecular weight excluding hydrogens is 341 g/mol. The van der Waals surface area contributed by atoms with Gasteiger partial charge in [-0.15, -0.1) is 0 Å². The van der Waals surface area contributed by atoms with Crippen LogP contribution in [0.4, 0.5) is 4.39 Å². The van der Waals surface area contributed by atoms with Gasteiger partial charge in [-0.25, -0.2) is 4.39 Å². The molecule has 1 aliphatic carbocycles. The van der Waals surface area contributed by atoms with E-state index in [1.807, 2.05) is 0 Å². The Labute approximate surface area is 131 Å². The number of nitrogens with one attached hydrogen (secondary N) is 1. The molecule has 1 aromatic carbocycles. The third-order valence-corrected chi connectivity index (χ3v) is 4.82. The fourth-order valence-electron chi connectivity index (χ4n) is 2.69. The van der Waals surface area contributed by atoms with Crippen LogP contribution < -0.4 is 5.32 Å². The van der Waals surface area contributed by atoms with Crippen molar-refractivity contribution in [3.05, 3.63) is 34.1 Å². The van der Waals surface area contributed by atoms with Crippen molar-refractivity contribution in [2.45, 2.75) is 37.8 Å². The van der Waals surface area contributed by atoms with Gasteiger partial charge in [-0.05, 0) is 49.4 Å². The smallest absolute Gasteiger partial charge is 0.306 e. The number of hydrogen-bond donors (Lipinski definition) is 3. The minimum atomic E-state index is -0.869. The minimum Gasteiger partial charge on any atom is -0.481 e. The molecular formula is C15H19BrFNO3. The van der Waals surface area contributed by atoms with Crippen LogP contribution in [-0.2, 0) is 11.3 Å². The second kappa shape index (κ2) is 6.85. The predicted molar refractivity (Wildman–Crippen MR) is 80.4 cm³/mol. The molecule has 116 valence electrons. The van der Waals surface area contributed by atoms with Crippen LogP contribution in [0.1, 0.15) is 31.2 Å². The fraction of sp³-hybridized carbons (Fsp3) is 0.533. The van der Waals surface area contributed by atoms with Crippen LogP contribution in [0.25, 0.3) is 0 Å². The first-order chi connectivity index (χ1) is 9.89. The van der Waals surface area contributed by atoms with Gasteiger partial charge in [0.15, 0.2) is 0 Å². The van der Waals surface area contributed by atoms with Crippen molar-refractivity contribution in [3.8, 4) is 0 Å². The molecule has 21 heavy (non-hydrogen) atoms. The van der Waals surface area contributed by atoms with E-state index in [1.54, 1.807) is 6.07 Å². The van der Waals surface area contributed by atoms with E-state index >= 15 is 0 Å². The number of carbonyl (C=O) groups is 1. The van der Waals surface area contributed by atoms with Crippen molar-refractivity contribution in [3.63, 3.8) is 0 Å². The van der Waals surface area contributed by atoms with E-state index in [2.05, 4.69) is 21.2 Å². The van der Waals surface area contributed by atoms with E-state index in [9.17, 15) is 14.3 Å². The van der Waals surface area contributed by atoms with E-state index in [0.29, 0.717) is 38.8 Å².